The van der Waals surface area contributed by atoms with Crippen LogP contribution in [-0.4, -0.2) is 17.9 Å². The molecule has 5 nitrogen and oxygen atoms in total. The van der Waals surface area contributed by atoms with Crippen LogP contribution in [0, 0.1) is 5.82 Å². The van der Waals surface area contributed by atoms with E-state index in [2.05, 4.69) is 0 Å². The van der Waals surface area contributed by atoms with Crippen LogP contribution in [0.15, 0.2) is 12.1 Å². The second kappa shape index (κ2) is 4.58. The van der Waals surface area contributed by atoms with Crippen molar-refractivity contribution in [2.24, 2.45) is 5.73 Å². The Morgan fingerprint density at radius 2 is 2.29 bits per heavy atom. The first kappa shape index (κ1) is 11.7. The summed E-state index contributed by atoms with van der Waals surface area (Å²) in [5.74, 6) is -1.08. The molecule has 1 aromatic carbocycles. The Balaban J connectivity index is 2.16. The van der Waals surface area contributed by atoms with Crippen LogP contribution >= 0.6 is 0 Å². The first-order valence-corrected chi connectivity index (χ1v) is 5.14. The summed E-state index contributed by atoms with van der Waals surface area (Å²) in [4.78, 5) is 10.4. The number of aliphatic carboxylic acids is 1. The van der Waals surface area contributed by atoms with E-state index >= 15 is 0 Å². The summed E-state index contributed by atoms with van der Waals surface area (Å²) < 4.78 is 23.5. The predicted octanol–water partition coefficient (Wildman–Crippen LogP) is 1.42. The number of fused-ring (bicyclic) bond motifs is 1. The average molecular weight is 241 g/mol. The third-order valence-corrected chi connectivity index (χ3v) is 2.55. The van der Waals surface area contributed by atoms with Crippen LogP contribution < -0.4 is 15.2 Å². The molecule has 17 heavy (non-hydrogen) atoms. The number of hydrogen-bond acceptors (Lipinski definition) is 4. The molecule has 1 atom stereocenters. The summed E-state index contributed by atoms with van der Waals surface area (Å²) in [5, 5.41) is 8.54. The number of rotatable bonds is 4. The molecule has 1 aliphatic rings. The van der Waals surface area contributed by atoms with Crippen molar-refractivity contribution in [3.8, 4) is 11.5 Å². The molecule has 0 fully saturated rings. The van der Waals surface area contributed by atoms with E-state index in [1.165, 1.54) is 6.07 Å². The lowest BCUT2D eigenvalue weighted by Gasteiger charge is -2.11. The molecule has 1 aliphatic heterocycles. The predicted molar refractivity (Wildman–Crippen MR) is 56.3 cm³/mol. The van der Waals surface area contributed by atoms with Crippen LogP contribution in [-0.2, 0) is 4.79 Å². The Morgan fingerprint density at radius 1 is 1.53 bits per heavy atom. The van der Waals surface area contributed by atoms with Crippen LogP contribution in [0.25, 0.3) is 0 Å². The van der Waals surface area contributed by atoms with Gasteiger partial charge in [-0.1, -0.05) is 0 Å². The van der Waals surface area contributed by atoms with E-state index in [9.17, 15) is 9.18 Å². The molecular formula is C11H12FNO4. The molecule has 1 aromatic rings. The highest BCUT2D eigenvalue weighted by Crippen LogP contribution is 2.37. The number of hydrogen-bond donors (Lipinski definition) is 2. The number of benzene rings is 1. The Labute approximate surface area is 96.9 Å². The number of nitrogens with two attached hydrogens (primary N) is 1. The standard InChI is InChI=1S/C11H12FNO4/c12-7-3-6(8(13)1-2-10(14)15)4-9-11(7)17-5-16-9/h3-4,8H,1-2,5,13H2,(H,14,15). The van der Waals surface area contributed by atoms with Crippen LogP contribution in [0.3, 0.4) is 0 Å². The van der Waals surface area contributed by atoms with Gasteiger partial charge in [0.15, 0.2) is 11.6 Å². The highest BCUT2D eigenvalue weighted by molar-refractivity contribution is 5.66. The van der Waals surface area contributed by atoms with Gasteiger partial charge in [0.2, 0.25) is 12.5 Å². The maximum absolute atomic E-state index is 13.5. The summed E-state index contributed by atoms with van der Waals surface area (Å²) in [6.45, 7) is -0.0138. The largest absolute Gasteiger partial charge is 0.481 e. The van der Waals surface area contributed by atoms with Crippen molar-refractivity contribution in [1.82, 2.24) is 0 Å². The van der Waals surface area contributed by atoms with Crippen LogP contribution in [0.4, 0.5) is 4.39 Å². The second-order valence-corrected chi connectivity index (χ2v) is 3.78. The molecule has 0 bridgehead atoms. The number of carbonyl (C=O) groups is 1. The zero-order chi connectivity index (χ0) is 12.4. The first-order valence-electron chi connectivity index (χ1n) is 5.14. The van der Waals surface area contributed by atoms with Crippen molar-refractivity contribution in [2.75, 3.05) is 6.79 Å². The van der Waals surface area contributed by atoms with Crippen molar-refractivity contribution in [3.05, 3.63) is 23.5 Å². The lowest BCUT2D eigenvalue weighted by Crippen LogP contribution is -2.12. The van der Waals surface area contributed by atoms with Gasteiger partial charge in [0, 0.05) is 12.5 Å². The van der Waals surface area contributed by atoms with Crippen molar-refractivity contribution in [2.45, 2.75) is 18.9 Å². The van der Waals surface area contributed by atoms with Gasteiger partial charge in [0.05, 0.1) is 0 Å². The van der Waals surface area contributed by atoms with Crippen molar-refractivity contribution >= 4 is 5.97 Å². The molecule has 0 saturated carbocycles. The van der Waals surface area contributed by atoms with E-state index < -0.39 is 17.8 Å². The normalized spacial score (nSPS) is 14.7. The fourth-order valence-corrected chi connectivity index (χ4v) is 1.65. The lowest BCUT2D eigenvalue weighted by atomic mass is 10.0. The Bertz CT molecular complexity index is 449. The molecule has 3 N–H and O–H groups in total. The third kappa shape index (κ3) is 2.47. The Morgan fingerprint density at radius 3 is 3.00 bits per heavy atom. The Kier molecular flexibility index (Phi) is 3.14. The molecule has 0 aromatic heterocycles. The fraction of sp³-hybridized carbons (Fsp3) is 0.364. The summed E-state index contributed by atoms with van der Waals surface area (Å²) >= 11 is 0. The maximum Gasteiger partial charge on any atom is 0.303 e. The topological polar surface area (TPSA) is 81.8 Å². The molecule has 0 saturated heterocycles. The van der Waals surface area contributed by atoms with Gasteiger partial charge in [0.1, 0.15) is 0 Å². The van der Waals surface area contributed by atoms with Gasteiger partial charge in [-0.05, 0) is 24.1 Å². The van der Waals surface area contributed by atoms with Gasteiger partial charge >= 0.3 is 5.97 Å². The van der Waals surface area contributed by atoms with Gasteiger partial charge < -0.3 is 20.3 Å². The summed E-state index contributed by atoms with van der Waals surface area (Å²) in [5.41, 5.74) is 6.29. The van der Waals surface area contributed by atoms with Crippen molar-refractivity contribution in [1.29, 1.82) is 0 Å². The SMILES string of the molecule is NC(CCC(=O)O)c1cc(F)c2c(c1)OCO2. The molecule has 0 aliphatic carbocycles. The van der Waals surface area contributed by atoms with Gasteiger partial charge in [-0.2, -0.15) is 0 Å². The minimum Gasteiger partial charge on any atom is -0.481 e. The number of carboxylic acids is 1. The maximum atomic E-state index is 13.5. The molecule has 1 heterocycles. The van der Waals surface area contributed by atoms with Gasteiger partial charge in [-0.3, -0.25) is 4.79 Å². The lowest BCUT2D eigenvalue weighted by molar-refractivity contribution is -0.137. The molecule has 6 heteroatoms. The quantitative estimate of drug-likeness (QED) is 0.833. The van der Waals surface area contributed by atoms with E-state index in [0.29, 0.717) is 11.3 Å². The van der Waals surface area contributed by atoms with Crippen molar-refractivity contribution in [3.63, 3.8) is 0 Å². The smallest absolute Gasteiger partial charge is 0.303 e. The molecule has 0 amide bonds. The number of ether oxygens (including phenoxy) is 2. The van der Waals surface area contributed by atoms with Crippen LogP contribution in [0.1, 0.15) is 24.4 Å². The summed E-state index contributed by atoms with van der Waals surface area (Å²) in [7, 11) is 0. The van der Waals surface area contributed by atoms with E-state index in [4.69, 9.17) is 20.3 Å². The second-order valence-electron chi connectivity index (χ2n) is 3.78. The van der Waals surface area contributed by atoms with E-state index in [0.717, 1.165) is 0 Å². The number of halogens is 1. The molecule has 92 valence electrons. The molecule has 1 unspecified atom stereocenters. The highest BCUT2D eigenvalue weighted by Gasteiger charge is 2.21. The zero-order valence-corrected chi connectivity index (χ0v) is 8.98. The number of carboxylic acid groups (broad SMARTS) is 1. The van der Waals surface area contributed by atoms with Gasteiger partial charge in [-0.15, -0.1) is 0 Å². The molecule has 2 rings (SSSR count). The fourth-order valence-electron chi connectivity index (χ4n) is 1.65. The Hall–Kier alpha value is -1.82. The third-order valence-electron chi connectivity index (χ3n) is 2.55. The zero-order valence-electron chi connectivity index (χ0n) is 8.98. The molecule has 0 spiro atoms. The molecule has 0 radical (unpaired) electrons. The van der Waals surface area contributed by atoms with Gasteiger partial charge in [-0.25, -0.2) is 4.39 Å². The minimum atomic E-state index is -0.929. The average Bonchev–Trinajstić information content (AvgIpc) is 2.74. The minimum absolute atomic E-state index is 0.0138. The van der Waals surface area contributed by atoms with Gasteiger partial charge in [0.25, 0.3) is 0 Å². The van der Waals surface area contributed by atoms with E-state index in [1.54, 1.807) is 6.07 Å². The first-order chi connectivity index (χ1) is 8.08. The molecular weight excluding hydrogens is 229 g/mol. The van der Waals surface area contributed by atoms with Crippen molar-refractivity contribution < 1.29 is 23.8 Å². The summed E-state index contributed by atoms with van der Waals surface area (Å²) in [6, 6.07) is 2.30. The monoisotopic (exact) mass is 241 g/mol. The van der Waals surface area contributed by atoms with Crippen LogP contribution in [0.5, 0.6) is 11.5 Å². The van der Waals surface area contributed by atoms with E-state index in [-0.39, 0.29) is 25.4 Å². The highest BCUT2D eigenvalue weighted by atomic mass is 19.1. The van der Waals surface area contributed by atoms with E-state index in [1.807, 2.05) is 0 Å². The summed E-state index contributed by atoms with van der Waals surface area (Å²) in [6.07, 6.45) is 0.186. The van der Waals surface area contributed by atoms with Crippen LogP contribution in [0.2, 0.25) is 0 Å².